The normalized spacial score (nSPS) is 15.0. The number of amides is 2. The van der Waals surface area contributed by atoms with Crippen LogP contribution < -0.4 is 10.1 Å². The average molecular weight is 704 g/mol. The van der Waals surface area contributed by atoms with Crippen molar-refractivity contribution in [2.45, 2.75) is 59.7 Å². The molecule has 4 heterocycles. The number of methoxy groups -OCH3 is 1. The fourth-order valence-corrected chi connectivity index (χ4v) is 6.87. The highest BCUT2D eigenvalue weighted by molar-refractivity contribution is 6.39. The molecule has 0 unspecified atom stereocenters. The molecule has 1 saturated heterocycles. The molecule has 2 aromatic heterocycles. The molecule has 0 radical (unpaired) electrons. The summed E-state index contributed by atoms with van der Waals surface area (Å²) in [6.45, 7) is 13.2. The zero-order chi connectivity index (χ0) is 35.0. The largest absolute Gasteiger partial charge is 0.480 e. The molecule has 0 spiro atoms. The summed E-state index contributed by atoms with van der Waals surface area (Å²) >= 11 is 14.0. The van der Waals surface area contributed by atoms with Crippen molar-refractivity contribution in [3.63, 3.8) is 0 Å². The lowest BCUT2D eigenvalue weighted by molar-refractivity contribution is 0.0220. The molecule has 10 nitrogen and oxygen atoms in total. The Morgan fingerprint density at radius 3 is 2.41 bits per heavy atom. The number of aryl methyl sites for hydroxylation is 1. The van der Waals surface area contributed by atoms with Crippen molar-refractivity contribution in [3.8, 4) is 28.3 Å². The first kappa shape index (κ1) is 34.6. The standard InChI is InChI=1S/C37H40Cl2N6O4/c1-21-17-44(18-21)19-31-35(48-6)43-29(16-40-31)26-11-7-9-24(32(26)38)25-10-8-12-27(33(25)39)42-34(46)28-15-22(2)23-13-14-45(20-30(23)41-28)36(47)49-37(3,4)5/h7-12,15-16,21H,13-14,17-20H2,1-6H3,(H,42,46). The van der Waals surface area contributed by atoms with Crippen LogP contribution >= 0.6 is 23.2 Å². The Morgan fingerprint density at radius 2 is 1.71 bits per heavy atom. The Kier molecular flexibility index (Phi) is 9.84. The first-order valence-corrected chi connectivity index (χ1v) is 17.1. The summed E-state index contributed by atoms with van der Waals surface area (Å²) in [6.07, 6.45) is 1.94. The number of halogens is 2. The predicted octanol–water partition coefficient (Wildman–Crippen LogP) is 7.83. The third-order valence-corrected chi connectivity index (χ3v) is 9.43. The number of ether oxygens (including phenoxy) is 2. The van der Waals surface area contributed by atoms with E-state index in [2.05, 4.69) is 27.1 Å². The van der Waals surface area contributed by atoms with Crippen molar-refractivity contribution in [2.75, 3.05) is 32.1 Å². The second kappa shape index (κ2) is 13.9. The van der Waals surface area contributed by atoms with Gasteiger partial charge in [0.2, 0.25) is 5.88 Å². The quantitative estimate of drug-likeness (QED) is 0.208. The maximum atomic E-state index is 13.6. The Balaban J connectivity index is 1.23. The number of likely N-dealkylation sites (tertiary alicyclic amines) is 1. The van der Waals surface area contributed by atoms with Crippen molar-refractivity contribution in [3.05, 3.63) is 86.9 Å². The highest BCUT2D eigenvalue weighted by Crippen LogP contribution is 2.41. The van der Waals surface area contributed by atoms with Crippen LogP contribution in [-0.4, -0.2) is 69.1 Å². The van der Waals surface area contributed by atoms with Crippen molar-refractivity contribution in [1.82, 2.24) is 24.8 Å². The number of hydrogen-bond acceptors (Lipinski definition) is 8. The molecule has 1 N–H and O–H groups in total. The summed E-state index contributed by atoms with van der Waals surface area (Å²) in [5.41, 5.74) is 6.00. The number of carbonyl (C=O) groups excluding carboxylic acids is 2. The Labute approximate surface area is 296 Å². The summed E-state index contributed by atoms with van der Waals surface area (Å²) in [7, 11) is 1.59. The van der Waals surface area contributed by atoms with Crippen molar-refractivity contribution in [2.24, 2.45) is 5.92 Å². The van der Waals surface area contributed by atoms with Gasteiger partial charge in [-0.25, -0.2) is 14.8 Å². The van der Waals surface area contributed by atoms with E-state index in [1.165, 1.54) is 0 Å². The molecule has 2 aliphatic heterocycles. The molecule has 49 heavy (non-hydrogen) atoms. The van der Waals surface area contributed by atoms with Gasteiger partial charge in [0.25, 0.3) is 5.91 Å². The lowest BCUT2D eigenvalue weighted by Gasteiger charge is -2.36. The fourth-order valence-electron chi connectivity index (χ4n) is 6.27. The van der Waals surface area contributed by atoms with Gasteiger partial charge in [0.05, 0.1) is 47.0 Å². The number of anilines is 1. The van der Waals surface area contributed by atoms with Gasteiger partial charge in [-0.3, -0.25) is 14.7 Å². The molecule has 0 atom stereocenters. The maximum Gasteiger partial charge on any atom is 0.410 e. The Hall–Kier alpha value is -4.25. The van der Waals surface area contributed by atoms with Gasteiger partial charge < -0.3 is 19.7 Å². The van der Waals surface area contributed by atoms with Crippen LogP contribution in [0.15, 0.2) is 48.7 Å². The van der Waals surface area contributed by atoms with Gasteiger partial charge in [-0.2, -0.15) is 0 Å². The van der Waals surface area contributed by atoms with Gasteiger partial charge >= 0.3 is 6.09 Å². The number of nitrogens with zero attached hydrogens (tertiary/aromatic N) is 5. The molecule has 256 valence electrons. The highest BCUT2D eigenvalue weighted by atomic mass is 35.5. The van der Waals surface area contributed by atoms with Crippen LogP contribution in [0.4, 0.5) is 10.5 Å². The van der Waals surface area contributed by atoms with Gasteiger partial charge in [0.15, 0.2) is 0 Å². The van der Waals surface area contributed by atoms with E-state index in [-0.39, 0.29) is 12.2 Å². The molecule has 0 bridgehead atoms. The average Bonchev–Trinajstić information content (AvgIpc) is 3.04. The molecular weight excluding hydrogens is 663 g/mol. The molecule has 6 rings (SSSR count). The molecule has 1 fully saturated rings. The summed E-state index contributed by atoms with van der Waals surface area (Å²) in [6, 6.07) is 12.8. The Morgan fingerprint density at radius 1 is 1.02 bits per heavy atom. The number of rotatable bonds is 7. The molecule has 0 saturated carbocycles. The van der Waals surface area contributed by atoms with Crippen molar-refractivity contribution in [1.29, 1.82) is 0 Å². The zero-order valence-electron chi connectivity index (χ0n) is 28.6. The SMILES string of the molecule is COc1nc(-c2cccc(-c3cccc(NC(=O)c4cc(C)c5c(n4)CN(C(=O)OC(C)(C)C)CC5)c3Cl)c2Cl)cnc1CN1CC(C)C1. The number of carbonyl (C=O) groups is 2. The van der Waals surface area contributed by atoms with Gasteiger partial charge in [-0.1, -0.05) is 60.5 Å². The summed E-state index contributed by atoms with van der Waals surface area (Å²) in [5, 5.41) is 3.69. The highest BCUT2D eigenvalue weighted by Gasteiger charge is 2.29. The van der Waals surface area contributed by atoms with Gasteiger partial charge in [-0.15, -0.1) is 0 Å². The van der Waals surface area contributed by atoms with Gasteiger partial charge in [0, 0.05) is 42.9 Å². The van der Waals surface area contributed by atoms with E-state index >= 15 is 0 Å². The van der Waals surface area contributed by atoms with Crippen LogP contribution in [0.1, 0.15) is 60.7 Å². The topological polar surface area (TPSA) is 110 Å². The van der Waals surface area contributed by atoms with Gasteiger partial charge in [-0.05, 0) is 63.3 Å². The smallest absolute Gasteiger partial charge is 0.410 e. The summed E-state index contributed by atoms with van der Waals surface area (Å²) in [4.78, 5) is 44.3. The minimum atomic E-state index is -0.610. The van der Waals surface area contributed by atoms with Crippen molar-refractivity contribution >= 4 is 40.9 Å². The number of hydrogen-bond donors (Lipinski definition) is 1. The van der Waals surface area contributed by atoms with Crippen LogP contribution in [-0.2, 0) is 24.2 Å². The minimum Gasteiger partial charge on any atom is -0.480 e. The number of nitrogens with one attached hydrogen (secondary N) is 1. The first-order chi connectivity index (χ1) is 23.3. The van der Waals surface area contributed by atoms with E-state index in [0.717, 1.165) is 29.9 Å². The van der Waals surface area contributed by atoms with E-state index in [9.17, 15) is 9.59 Å². The predicted molar refractivity (Wildman–Crippen MR) is 191 cm³/mol. The molecule has 2 aliphatic rings. The van der Waals surface area contributed by atoms with E-state index in [0.29, 0.717) is 75.1 Å². The fraction of sp³-hybridized carbons (Fsp3) is 0.378. The maximum absolute atomic E-state index is 13.6. The zero-order valence-corrected chi connectivity index (χ0v) is 30.1. The Bertz CT molecular complexity index is 1920. The number of pyridine rings is 1. The minimum absolute atomic E-state index is 0.225. The third kappa shape index (κ3) is 7.51. The second-order valence-electron chi connectivity index (χ2n) is 13.7. The molecular formula is C37H40Cl2N6O4. The van der Waals surface area contributed by atoms with Crippen LogP contribution in [0, 0.1) is 12.8 Å². The lowest BCUT2D eigenvalue weighted by Crippen LogP contribution is -2.44. The van der Waals surface area contributed by atoms with Gasteiger partial charge in [0.1, 0.15) is 17.0 Å². The summed E-state index contributed by atoms with van der Waals surface area (Å²) < 4.78 is 11.2. The third-order valence-electron chi connectivity index (χ3n) is 8.62. The second-order valence-corrected chi connectivity index (χ2v) is 14.5. The van der Waals surface area contributed by atoms with E-state index in [1.54, 1.807) is 36.4 Å². The van der Waals surface area contributed by atoms with E-state index in [1.807, 2.05) is 52.0 Å². The lowest BCUT2D eigenvalue weighted by atomic mass is 9.99. The van der Waals surface area contributed by atoms with E-state index in [4.69, 9.17) is 37.7 Å². The number of fused-ring (bicyclic) bond motifs is 1. The van der Waals surface area contributed by atoms with Crippen LogP contribution in [0.3, 0.4) is 0 Å². The molecule has 12 heteroatoms. The molecule has 2 amide bonds. The van der Waals surface area contributed by atoms with E-state index < -0.39 is 17.6 Å². The van der Waals surface area contributed by atoms with Crippen LogP contribution in [0.2, 0.25) is 10.0 Å². The molecule has 0 aliphatic carbocycles. The van der Waals surface area contributed by atoms with Crippen LogP contribution in [0.5, 0.6) is 5.88 Å². The van der Waals surface area contributed by atoms with Crippen molar-refractivity contribution < 1.29 is 19.1 Å². The first-order valence-electron chi connectivity index (χ1n) is 16.3. The number of aromatic nitrogens is 3. The molecule has 4 aromatic rings. The van der Waals surface area contributed by atoms with Crippen LogP contribution in [0.25, 0.3) is 22.4 Å². The number of benzene rings is 2. The monoisotopic (exact) mass is 702 g/mol. The molecule has 2 aromatic carbocycles. The summed E-state index contributed by atoms with van der Waals surface area (Å²) in [5.74, 6) is 0.723.